The lowest BCUT2D eigenvalue weighted by Crippen LogP contribution is -2.28. The van der Waals surface area contributed by atoms with Crippen LogP contribution >= 0.6 is 0 Å². The van der Waals surface area contributed by atoms with Gasteiger partial charge >= 0.3 is 0 Å². The zero-order valence-electron chi connectivity index (χ0n) is 13.4. The van der Waals surface area contributed by atoms with Crippen molar-refractivity contribution in [3.05, 3.63) is 52.3 Å². The van der Waals surface area contributed by atoms with Crippen molar-refractivity contribution in [3.8, 4) is 0 Å². The molecule has 2 aliphatic carbocycles. The summed E-state index contributed by atoms with van der Waals surface area (Å²) in [4.78, 5) is 12.6. The zero-order chi connectivity index (χ0) is 15.6. The number of aromatic amines is 1. The molecule has 0 saturated carbocycles. The molecule has 1 unspecified atom stereocenters. The average molecular weight is 309 g/mol. The van der Waals surface area contributed by atoms with Gasteiger partial charge in [0.1, 0.15) is 0 Å². The molecule has 1 amide bonds. The van der Waals surface area contributed by atoms with Crippen LogP contribution in [0.4, 0.5) is 0 Å². The molecule has 23 heavy (non-hydrogen) atoms. The summed E-state index contributed by atoms with van der Waals surface area (Å²) >= 11 is 0. The number of aromatic nitrogens is 2. The molecule has 1 aromatic heterocycles. The molecule has 0 saturated heterocycles. The number of carbonyl (C=O) groups excluding carboxylic acids is 1. The van der Waals surface area contributed by atoms with Crippen molar-refractivity contribution in [2.75, 3.05) is 0 Å². The van der Waals surface area contributed by atoms with Crippen molar-refractivity contribution in [1.82, 2.24) is 15.5 Å². The topological polar surface area (TPSA) is 57.8 Å². The van der Waals surface area contributed by atoms with E-state index < -0.39 is 0 Å². The first-order chi connectivity index (χ1) is 11.3. The van der Waals surface area contributed by atoms with Gasteiger partial charge in [-0.15, -0.1) is 0 Å². The number of H-pyrrole nitrogens is 1. The molecule has 4 heteroatoms. The van der Waals surface area contributed by atoms with Crippen molar-refractivity contribution in [2.24, 2.45) is 0 Å². The Morgan fingerprint density at radius 1 is 1.17 bits per heavy atom. The van der Waals surface area contributed by atoms with Crippen LogP contribution in [-0.2, 0) is 30.6 Å². The SMILES string of the molecule is O=C(NCc1n[nH]c2c1CCCCC2)C1CCc2ccccc21. The number of rotatable bonds is 3. The molecule has 1 atom stereocenters. The van der Waals surface area contributed by atoms with Crippen molar-refractivity contribution >= 4 is 5.91 Å². The number of aryl methyl sites for hydroxylation is 2. The first-order valence-corrected chi connectivity index (χ1v) is 8.73. The number of hydrogen-bond donors (Lipinski definition) is 2. The van der Waals surface area contributed by atoms with Gasteiger partial charge in [-0.25, -0.2) is 0 Å². The highest BCUT2D eigenvalue weighted by Crippen LogP contribution is 2.33. The van der Waals surface area contributed by atoms with Crippen LogP contribution in [0.5, 0.6) is 0 Å². The third-order valence-corrected chi connectivity index (χ3v) is 5.27. The quantitative estimate of drug-likeness (QED) is 0.856. The number of amides is 1. The first kappa shape index (κ1) is 14.5. The molecule has 4 nitrogen and oxygen atoms in total. The summed E-state index contributed by atoms with van der Waals surface area (Å²) in [5, 5.41) is 10.7. The number of benzene rings is 1. The van der Waals surface area contributed by atoms with Crippen LogP contribution < -0.4 is 5.32 Å². The minimum Gasteiger partial charge on any atom is -0.350 e. The molecule has 0 fully saturated rings. The molecule has 2 aromatic rings. The molecule has 0 radical (unpaired) electrons. The van der Waals surface area contributed by atoms with Crippen molar-refractivity contribution < 1.29 is 4.79 Å². The fourth-order valence-electron chi connectivity index (χ4n) is 4.00. The summed E-state index contributed by atoms with van der Waals surface area (Å²) in [6.07, 6.45) is 7.85. The molecule has 0 spiro atoms. The maximum Gasteiger partial charge on any atom is 0.227 e. The standard InChI is InChI=1S/C19H23N3O/c23-19(15-11-10-13-6-4-5-7-14(13)15)20-12-18-16-8-2-1-3-9-17(16)21-22-18/h4-7,15H,1-3,8-12H2,(H,20,23)(H,21,22). The number of nitrogens with zero attached hydrogens (tertiary/aromatic N) is 1. The van der Waals surface area contributed by atoms with Crippen LogP contribution in [0.1, 0.15) is 59.7 Å². The second-order valence-corrected chi connectivity index (χ2v) is 6.70. The highest BCUT2D eigenvalue weighted by atomic mass is 16.1. The summed E-state index contributed by atoms with van der Waals surface area (Å²) < 4.78 is 0. The summed E-state index contributed by atoms with van der Waals surface area (Å²) in [6.45, 7) is 0.545. The van der Waals surface area contributed by atoms with E-state index in [1.807, 2.05) is 6.07 Å². The molecule has 2 aliphatic rings. The predicted octanol–water partition coefficient (Wildman–Crippen LogP) is 3.02. The average Bonchev–Trinajstić information content (AvgIpc) is 3.10. The van der Waals surface area contributed by atoms with E-state index in [9.17, 15) is 4.79 Å². The first-order valence-electron chi connectivity index (χ1n) is 8.73. The number of carbonyl (C=O) groups is 1. The largest absolute Gasteiger partial charge is 0.350 e. The van der Waals surface area contributed by atoms with E-state index in [1.54, 1.807) is 0 Å². The van der Waals surface area contributed by atoms with Gasteiger partial charge in [0.15, 0.2) is 0 Å². The third kappa shape index (κ3) is 2.78. The molecule has 120 valence electrons. The van der Waals surface area contributed by atoms with Crippen molar-refractivity contribution in [2.45, 2.75) is 57.4 Å². The summed E-state index contributed by atoms with van der Waals surface area (Å²) in [5.74, 6) is 0.143. The van der Waals surface area contributed by atoms with E-state index >= 15 is 0 Å². The minimum atomic E-state index is 0.00347. The maximum atomic E-state index is 12.6. The molecule has 1 heterocycles. The van der Waals surface area contributed by atoms with Gasteiger partial charge in [-0.1, -0.05) is 30.7 Å². The van der Waals surface area contributed by atoms with E-state index in [4.69, 9.17) is 0 Å². The van der Waals surface area contributed by atoms with Crippen LogP contribution in [-0.4, -0.2) is 16.1 Å². The molecule has 1 aromatic carbocycles. The smallest absolute Gasteiger partial charge is 0.227 e. The van der Waals surface area contributed by atoms with Crippen LogP contribution in [0.25, 0.3) is 0 Å². The molecule has 4 rings (SSSR count). The van der Waals surface area contributed by atoms with Crippen molar-refractivity contribution in [3.63, 3.8) is 0 Å². The Labute approximate surface area is 136 Å². The zero-order valence-corrected chi connectivity index (χ0v) is 13.4. The van der Waals surface area contributed by atoms with Crippen molar-refractivity contribution in [1.29, 1.82) is 0 Å². The van der Waals surface area contributed by atoms with Crippen LogP contribution in [0.15, 0.2) is 24.3 Å². The Morgan fingerprint density at radius 2 is 2.04 bits per heavy atom. The van der Waals surface area contributed by atoms with Crippen LogP contribution in [0.2, 0.25) is 0 Å². The van der Waals surface area contributed by atoms with E-state index in [2.05, 4.69) is 33.7 Å². The predicted molar refractivity (Wildman–Crippen MR) is 89.2 cm³/mol. The lowest BCUT2D eigenvalue weighted by Gasteiger charge is -2.12. The Balaban J connectivity index is 1.44. The van der Waals surface area contributed by atoms with Crippen LogP contribution in [0.3, 0.4) is 0 Å². The van der Waals surface area contributed by atoms with E-state index in [-0.39, 0.29) is 11.8 Å². The molecule has 0 bridgehead atoms. The monoisotopic (exact) mass is 309 g/mol. The Bertz CT molecular complexity index is 719. The number of hydrogen-bond acceptors (Lipinski definition) is 2. The summed E-state index contributed by atoms with van der Waals surface area (Å²) in [6, 6.07) is 8.31. The second-order valence-electron chi connectivity index (χ2n) is 6.70. The van der Waals surface area contributed by atoms with Gasteiger partial charge in [0, 0.05) is 5.69 Å². The summed E-state index contributed by atoms with van der Waals surface area (Å²) in [7, 11) is 0. The molecular weight excluding hydrogens is 286 g/mol. The third-order valence-electron chi connectivity index (χ3n) is 5.27. The molecule has 2 N–H and O–H groups in total. The normalized spacial score (nSPS) is 19.7. The summed E-state index contributed by atoms with van der Waals surface area (Å²) in [5.41, 5.74) is 6.17. The highest BCUT2D eigenvalue weighted by Gasteiger charge is 2.28. The highest BCUT2D eigenvalue weighted by molar-refractivity contribution is 5.84. The van der Waals surface area contributed by atoms with Crippen LogP contribution in [0, 0.1) is 0 Å². The molecule has 0 aliphatic heterocycles. The maximum absolute atomic E-state index is 12.6. The lowest BCUT2D eigenvalue weighted by molar-refractivity contribution is -0.122. The minimum absolute atomic E-state index is 0.00347. The van der Waals surface area contributed by atoms with Gasteiger partial charge in [0.25, 0.3) is 0 Å². The van der Waals surface area contributed by atoms with Gasteiger partial charge in [-0.3, -0.25) is 9.89 Å². The van der Waals surface area contributed by atoms with Gasteiger partial charge < -0.3 is 5.32 Å². The van der Waals surface area contributed by atoms with Gasteiger partial charge in [-0.2, -0.15) is 5.10 Å². The Kier molecular flexibility index (Phi) is 3.90. The van der Waals surface area contributed by atoms with E-state index in [1.165, 1.54) is 41.6 Å². The fraction of sp³-hybridized carbons (Fsp3) is 0.474. The fourth-order valence-corrected chi connectivity index (χ4v) is 4.00. The Hall–Kier alpha value is -2.10. The second kappa shape index (κ2) is 6.19. The Morgan fingerprint density at radius 3 is 3.00 bits per heavy atom. The number of nitrogens with one attached hydrogen (secondary N) is 2. The van der Waals surface area contributed by atoms with Gasteiger partial charge in [0.2, 0.25) is 5.91 Å². The van der Waals surface area contributed by atoms with E-state index in [0.717, 1.165) is 31.4 Å². The van der Waals surface area contributed by atoms with Gasteiger partial charge in [-0.05, 0) is 55.2 Å². The number of fused-ring (bicyclic) bond motifs is 2. The molecular formula is C19H23N3O. The van der Waals surface area contributed by atoms with Gasteiger partial charge in [0.05, 0.1) is 18.2 Å². The van der Waals surface area contributed by atoms with E-state index in [0.29, 0.717) is 6.54 Å². The lowest BCUT2D eigenvalue weighted by atomic mass is 10.0.